The number of aromatic amines is 1. The van der Waals surface area contributed by atoms with Crippen molar-refractivity contribution < 1.29 is 0 Å². The number of hydrogen-bond donors (Lipinski definition) is 2. The number of unbranched alkanes of at least 4 members (excludes halogenated alkanes) is 1. The molecule has 0 radical (unpaired) electrons. The molecule has 3 rings (SSSR count). The lowest BCUT2D eigenvalue weighted by atomic mass is 9.91. The molecule has 0 aromatic carbocycles. The van der Waals surface area contributed by atoms with Crippen molar-refractivity contribution in [3.63, 3.8) is 0 Å². The van der Waals surface area contributed by atoms with Crippen LogP contribution in [0.1, 0.15) is 83.0 Å². The van der Waals surface area contributed by atoms with Crippen molar-refractivity contribution >= 4 is 11.7 Å². The molecule has 2 aromatic rings. The molecule has 0 atom stereocenters. The summed E-state index contributed by atoms with van der Waals surface area (Å²) in [5, 5.41) is 7.85. The van der Waals surface area contributed by atoms with E-state index in [-0.39, 0.29) is 11.5 Å². The fourth-order valence-electron chi connectivity index (χ4n) is 4.32. The molecule has 1 aliphatic rings. The molecule has 1 fully saturated rings. The highest BCUT2D eigenvalue weighted by atomic mass is 15.2. The number of hydrogen-bond acceptors (Lipinski definition) is 4. The molecule has 0 saturated carbocycles. The summed E-state index contributed by atoms with van der Waals surface area (Å²) in [6, 6.07) is 4.33. The highest BCUT2D eigenvalue weighted by Crippen LogP contribution is 2.34. The highest BCUT2D eigenvalue weighted by Gasteiger charge is 2.27. The lowest BCUT2D eigenvalue weighted by Crippen LogP contribution is -2.49. The zero-order chi connectivity index (χ0) is 23.3. The van der Waals surface area contributed by atoms with E-state index in [1.807, 2.05) is 6.08 Å². The SMILES string of the molecule is C=CC(=Nc1n[nH]c(-c2ccc(CC)c(CCCC)n2)c1C(C)C)N1CCC(C)(N)CC1. The second-order valence-electron chi connectivity index (χ2n) is 9.57. The van der Waals surface area contributed by atoms with Crippen molar-refractivity contribution in [1.82, 2.24) is 20.1 Å². The lowest BCUT2D eigenvalue weighted by molar-refractivity contribution is 0.245. The Kier molecular flexibility index (Phi) is 7.88. The molecule has 0 unspecified atom stereocenters. The van der Waals surface area contributed by atoms with Crippen LogP contribution in [0.25, 0.3) is 11.4 Å². The zero-order valence-electron chi connectivity index (χ0n) is 20.5. The summed E-state index contributed by atoms with van der Waals surface area (Å²) in [5.41, 5.74) is 11.8. The zero-order valence-corrected chi connectivity index (χ0v) is 20.5. The number of piperidine rings is 1. The number of pyridine rings is 1. The fraction of sp³-hybridized carbons (Fsp3) is 0.577. The summed E-state index contributed by atoms with van der Waals surface area (Å²) in [4.78, 5) is 12.2. The number of H-pyrrole nitrogens is 1. The Hall–Kier alpha value is -2.47. The maximum atomic E-state index is 6.31. The van der Waals surface area contributed by atoms with E-state index >= 15 is 0 Å². The quantitative estimate of drug-likeness (QED) is 0.421. The maximum absolute atomic E-state index is 6.31. The van der Waals surface area contributed by atoms with E-state index < -0.39 is 0 Å². The molecule has 174 valence electrons. The minimum absolute atomic E-state index is 0.100. The van der Waals surface area contributed by atoms with Crippen molar-refractivity contribution in [2.45, 2.75) is 84.6 Å². The van der Waals surface area contributed by atoms with E-state index in [0.717, 1.165) is 73.8 Å². The first-order valence-corrected chi connectivity index (χ1v) is 12.1. The molecule has 32 heavy (non-hydrogen) atoms. The Balaban J connectivity index is 1.97. The Morgan fingerprint density at radius 2 is 2.03 bits per heavy atom. The van der Waals surface area contributed by atoms with Gasteiger partial charge in [-0.1, -0.05) is 46.8 Å². The lowest BCUT2D eigenvalue weighted by Gasteiger charge is -2.37. The standard InChI is InChI=1S/C26H40N6/c1-7-10-11-20-19(8-2)12-13-21(28-20)24-23(18(4)5)25(31-30-24)29-22(9-3)32-16-14-26(6,27)15-17-32/h9,12-13,18H,3,7-8,10-11,14-17,27H2,1-2,4-6H3,(H,30,31). The van der Waals surface area contributed by atoms with E-state index in [9.17, 15) is 0 Å². The van der Waals surface area contributed by atoms with Gasteiger partial charge in [0.1, 0.15) is 5.84 Å². The first-order chi connectivity index (χ1) is 15.3. The third-order valence-electron chi connectivity index (χ3n) is 6.47. The van der Waals surface area contributed by atoms with Gasteiger partial charge in [0.25, 0.3) is 0 Å². The molecule has 6 nitrogen and oxygen atoms in total. The van der Waals surface area contributed by atoms with Crippen molar-refractivity contribution in [2.75, 3.05) is 13.1 Å². The summed E-state index contributed by atoms with van der Waals surface area (Å²) < 4.78 is 0. The van der Waals surface area contributed by atoms with Crippen LogP contribution < -0.4 is 5.73 Å². The van der Waals surface area contributed by atoms with E-state index in [2.05, 4.69) is 68.4 Å². The minimum Gasteiger partial charge on any atom is -0.356 e. The first-order valence-electron chi connectivity index (χ1n) is 12.1. The van der Waals surface area contributed by atoms with E-state index in [1.165, 1.54) is 17.7 Å². The smallest absolute Gasteiger partial charge is 0.179 e. The average Bonchev–Trinajstić information content (AvgIpc) is 3.20. The number of nitrogens with one attached hydrogen (secondary N) is 1. The van der Waals surface area contributed by atoms with Gasteiger partial charge in [0.05, 0.1) is 11.4 Å². The van der Waals surface area contributed by atoms with Gasteiger partial charge in [0.15, 0.2) is 5.82 Å². The van der Waals surface area contributed by atoms with Gasteiger partial charge in [-0.15, -0.1) is 0 Å². The van der Waals surface area contributed by atoms with Gasteiger partial charge in [-0.05, 0) is 62.7 Å². The van der Waals surface area contributed by atoms with Gasteiger partial charge in [-0.25, -0.2) is 4.99 Å². The molecule has 0 aliphatic carbocycles. The van der Waals surface area contributed by atoms with Crippen LogP contribution in [0.4, 0.5) is 5.82 Å². The Labute approximate surface area is 193 Å². The molecule has 3 heterocycles. The monoisotopic (exact) mass is 436 g/mol. The number of aromatic nitrogens is 3. The number of likely N-dealkylation sites (tertiary alicyclic amines) is 1. The average molecular weight is 437 g/mol. The van der Waals surface area contributed by atoms with Crippen LogP contribution in [-0.4, -0.2) is 44.5 Å². The second kappa shape index (κ2) is 10.4. The second-order valence-corrected chi connectivity index (χ2v) is 9.57. The van der Waals surface area contributed by atoms with Crippen molar-refractivity contribution in [2.24, 2.45) is 10.7 Å². The molecule has 0 amide bonds. The normalized spacial score (nSPS) is 16.6. The molecule has 3 N–H and O–H groups in total. The molecule has 0 spiro atoms. The molecule has 0 bridgehead atoms. The third-order valence-corrected chi connectivity index (χ3v) is 6.47. The molecular weight excluding hydrogens is 396 g/mol. The number of aryl methyl sites for hydroxylation is 2. The van der Waals surface area contributed by atoms with Gasteiger partial charge in [0, 0.05) is 29.9 Å². The van der Waals surface area contributed by atoms with Crippen molar-refractivity contribution in [3.05, 3.63) is 41.6 Å². The Morgan fingerprint density at radius 3 is 2.62 bits per heavy atom. The summed E-state index contributed by atoms with van der Waals surface area (Å²) in [6.45, 7) is 16.7. The Morgan fingerprint density at radius 1 is 1.31 bits per heavy atom. The topological polar surface area (TPSA) is 83.2 Å². The predicted octanol–water partition coefficient (Wildman–Crippen LogP) is 5.53. The highest BCUT2D eigenvalue weighted by molar-refractivity contribution is 5.94. The third kappa shape index (κ3) is 5.47. The van der Waals surface area contributed by atoms with E-state index in [1.54, 1.807) is 0 Å². The van der Waals surface area contributed by atoms with Crippen LogP contribution in [0, 0.1) is 0 Å². The molecule has 1 aliphatic heterocycles. The van der Waals surface area contributed by atoms with Gasteiger partial charge >= 0.3 is 0 Å². The summed E-state index contributed by atoms with van der Waals surface area (Å²) in [7, 11) is 0. The molecular formula is C26H40N6. The van der Waals surface area contributed by atoms with Crippen LogP contribution in [0.15, 0.2) is 29.8 Å². The summed E-state index contributed by atoms with van der Waals surface area (Å²) in [6.07, 6.45) is 8.04. The van der Waals surface area contributed by atoms with Crippen LogP contribution in [-0.2, 0) is 12.8 Å². The minimum atomic E-state index is -0.100. The number of aliphatic imine (C=N–C) groups is 1. The molecule has 2 aromatic heterocycles. The number of amidine groups is 1. The van der Waals surface area contributed by atoms with Crippen LogP contribution >= 0.6 is 0 Å². The van der Waals surface area contributed by atoms with Gasteiger partial charge in [-0.3, -0.25) is 10.1 Å². The van der Waals surface area contributed by atoms with Crippen molar-refractivity contribution in [1.29, 1.82) is 0 Å². The summed E-state index contributed by atoms with van der Waals surface area (Å²) in [5.74, 6) is 1.84. The predicted molar refractivity (Wildman–Crippen MR) is 135 cm³/mol. The largest absolute Gasteiger partial charge is 0.356 e. The van der Waals surface area contributed by atoms with Crippen LogP contribution in [0.3, 0.4) is 0 Å². The number of rotatable bonds is 8. The number of nitrogens with two attached hydrogens (primary N) is 1. The van der Waals surface area contributed by atoms with Gasteiger partial charge in [0.2, 0.25) is 0 Å². The fourth-order valence-corrected chi connectivity index (χ4v) is 4.32. The summed E-state index contributed by atoms with van der Waals surface area (Å²) >= 11 is 0. The Bertz CT molecular complexity index is 943. The molecule has 1 saturated heterocycles. The first kappa shape index (κ1) is 24.2. The number of nitrogens with zero attached hydrogens (tertiary/aromatic N) is 4. The van der Waals surface area contributed by atoms with Crippen molar-refractivity contribution in [3.8, 4) is 11.4 Å². The van der Waals surface area contributed by atoms with Gasteiger partial charge in [-0.2, -0.15) is 5.10 Å². The van der Waals surface area contributed by atoms with Crippen LogP contribution in [0.5, 0.6) is 0 Å². The van der Waals surface area contributed by atoms with E-state index in [4.69, 9.17) is 15.7 Å². The van der Waals surface area contributed by atoms with Crippen LogP contribution in [0.2, 0.25) is 0 Å². The molecule has 6 heteroatoms. The van der Waals surface area contributed by atoms with E-state index in [0.29, 0.717) is 0 Å². The maximum Gasteiger partial charge on any atom is 0.179 e. The van der Waals surface area contributed by atoms with Gasteiger partial charge < -0.3 is 10.6 Å².